The Kier molecular flexibility index (Phi) is 6.65. The van der Waals surface area contributed by atoms with E-state index in [0.29, 0.717) is 43.8 Å². The largest absolute Gasteiger partial charge is 0.462 e. The first kappa shape index (κ1) is 22.5. The quantitative estimate of drug-likeness (QED) is 0.551. The Morgan fingerprint density at radius 2 is 2.06 bits per heavy atom. The van der Waals surface area contributed by atoms with Gasteiger partial charge in [0.2, 0.25) is 0 Å². The molecule has 7 heteroatoms. The SMILES string of the molecule is CCn1nc(CCCOC(=O)c2cc(C)ccc2C)c2c1C(=O)NCC1(CCOCC1)C2. The molecule has 0 radical (unpaired) electrons. The summed E-state index contributed by atoms with van der Waals surface area (Å²) in [5.74, 6) is -0.324. The second kappa shape index (κ2) is 9.45. The summed E-state index contributed by atoms with van der Waals surface area (Å²) in [6.07, 6.45) is 4.06. The van der Waals surface area contributed by atoms with Crippen molar-refractivity contribution in [2.24, 2.45) is 5.41 Å². The summed E-state index contributed by atoms with van der Waals surface area (Å²) in [6, 6.07) is 5.80. The van der Waals surface area contributed by atoms with E-state index in [1.807, 2.05) is 43.7 Å². The van der Waals surface area contributed by atoms with Gasteiger partial charge in [0.05, 0.1) is 17.9 Å². The van der Waals surface area contributed by atoms with E-state index in [2.05, 4.69) is 5.32 Å². The van der Waals surface area contributed by atoms with Crippen LogP contribution in [0.2, 0.25) is 0 Å². The van der Waals surface area contributed by atoms with E-state index in [0.717, 1.165) is 54.9 Å². The summed E-state index contributed by atoms with van der Waals surface area (Å²) in [4.78, 5) is 25.4. The highest BCUT2D eigenvalue weighted by atomic mass is 16.5. The Labute approximate surface area is 189 Å². The molecule has 1 spiro atoms. The topological polar surface area (TPSA) is 82.5 Å². The van der Waals surface area contributed by atoms with Crippen LogP contribution in [-0.2, 0) is 28.9 Å². The Bertz CT molecular complexity index is 1000. The maximum atomic E-state index is 12.9. The minimum Gasteiger partial charge on any atom is -0.462 e. The van der Waals surface area contributed by atoms with Crippen molar-refractivity contribution in [2.75, 3.05) is 26.4 Å². The van der Waals surface area contributed by atoms with Gasteiger partial charge in [-0.3, -0.25) is 9.48 Å². The fourth-order valence-electron chi connectivity index (χ4n) is 4.80. The van der Waals surface area contributed by atoms with Gasteiger partial charge in [0.25, 0.3) is 5.91 Å². The molecule has 32 heavy (non-hydrogen) atoms. The number of rotatable bonds is 6. The molecule has 0 bridgehead atoms. The van der Waals surface area contributed by atoms with E-state index in [9.17, 15) is 9.59 Å². The highest BCUT2D eigenvalue weighted by Gasteiger charge is 2.39. The van der Waals surface area contributed by atoms with Crippen LogP contribution in [0.3, 0.4) is 0 Å². The summed E-state index contributed by atoms with van der Waals surface area (Å²) >= 11 is 0. The molecule has 1 fully saturated rings. The van der Waals surface area contributed by atoms with E-state index in [1.54, 1.807) is 0 Å². The average Bonchev–Trinajstić information content (AvgIpc) is 3.07. The van der Waals surface area contributed by atoms with Gasteiger partial charge in [0.15, 0.2) is 0 Å². The number of aryl methyl sites for hydroxylation is 4. The van der Waals surface area contributed by atoms with Crippen LogP contribution in [-0.4, -0.2) is 48.0 Å². The number of aromatic nitrogens is 2. The van der Waals surface area contributed by atoms with Crippen molar-refractivity contribution >= 4 is 11.9 Å². The first-order chi connectivity index (χ1) is 15.4. The predicted molar refractivity (Wildman–Crippen MR) is 121 cm³/mol. The van der Waals surface area contributed by atoms with Gasteiger partial charge >= 0.3 is 5.97 Å². The van der Waals surface area contributed by atoms with Gasteiger partial charge in [-0.05, 0) is 69.9 Å². The maximum Gasteiger partial charge on any atom is 0.338 e. The number of hydrogen-bond acceptors (Lipinski definition) is 5. The average molecular weight is 440 g/mol. The van der Waals surface area contributed by atoms with Crippen molar-refractivity contribution in [1.82, 2.24) is 15.1 Å². The van der Waals surface area contributed by atoms with E-state index >= 15 is 0 Å². The molecule has 0 atom stereocenters. The predicted octanol–water partition coefficient (Wildman–Crippen LogP) is 3.39. The van der Waals surface area contributed by atoms with Gasteiger partial charge in [-0.25, -0.2) is 4.79 Å². The minimum atomic E-state index is -0.287. The van der Waals surface area contributed by atoms with Crippen molar-refractivity contribution in [3.05, 3.63) is 51.8 Å². The van der Waals surface area contributed by atoms with Crippen molar-refractivity contribution < 1.29 is 19.1 Å². The van der Waals surface area contributed by atoms with Crippen LogP contribution in [0.25, 0.3) is 0 Å². The molecular weight excluding hydrogens is 406 g/mol. The molecule has 2 aliphatic rings. The number of esters is 1. The van der Waals surface area contributed by atoms with Crippen molar-refractivity contribution in [2.45, 2.75) is 59.4 Å². The fourth-order valence-corrected chi connectivity index (χ4v) is 4.80. The number of carbonyl (C=O) groups excluding carboxylic acids is 2. The molecule has 1 saturated heterocycles. The van der Waals surface area contributed by atoms with Crippen LogP contribution >= 0.6 is 0 Å². The molecule has 3 heterocycles. The smallest absolute Gasteiger partial charge is 0.338 e. The van der Waals surface area contributed by atoms with Crippen molar-refractivity contribution in [3.8, 4) is 0 Å². The van der Waals surface area contributed by atoms with Crippen molar-refractivity contribution in [1.29, 1.82) is 0 Å². The number of nitrogens with one attached hydrogen (secondary N) is 1. The second-order valence-corrected chi connectivity index (χ2v) is 9.12. The highest BCUT2D eigenvalue weighted by Crippen LogP contribution is 2.37. The van der Waals surface area contributed by atoms with Gasteiger partial charge in [-0.15, -0.1) is 0 Å². The first-order valence-electron chi connectivity index (χ1n) is 11.6. The molecule has 0 saturated carbocycles. The Morgan fingerprint density at radius 1 is 1.28 bits per heavy atom. The fraction of sp³-hybridized carbons (Fsp3) is 0.560. The zero-order chi connectivity index (χ0) is 22.7. The molecule has 1 N–H and O–H groups in total. The lowest BCUT2D eigenvalue weighted by Crippen LogP contribution is -2.40. The molecule has 0 unspecified atom stereocenters. The van der Waals surface area contributed by atoms with Crippen LogP contribution in [0.4, 0.5) is 0 Å². The monoisotopic (exact) mass is 439 g/mol. The molecule has 0 aliphatic carbocycles. The third kappa shape index (κ3) is 4.58. The number of amides is 1. The molecular formula is C25H33N3O4. The van der Waals surface area contributed by atoms with E-state index in [4.69, 9.17) is 14.6 Å². The maximum absolute atomic E-state index is 12.9. The molecule has 4 rings (SSSR count). The molecule has 2 aromatic rings. The summed E-state index contributed by atoms with van der Waals surface area (Å²) in [5, 5.41) is 7.90. The van der Waals surface area contributed by atoms with Crippen LogP contribution in [0.5, 0.6) is 0 Å². The standard InChI is InChI=1S/C25H33N3O4/c1-4-28-22-20(15-25(16-26-23(22)29)9-12-31-13-10-25)21(27-28)6-5-11-32-24(30)19-14-17(2)7-8-18(19)3/h7-8,14H,4-6,9-13,15-16H2,1-3H3,(H,26,29). The van der Waals surface area contributed by atoms with Gasteiger partial charge in [-0.1, -0.05) is 17.7 Å². The second-order valence-electron chi connectivity index (χ2n) is 9.12. The number of hydrogen-bond donors (Lipinski definition) is 1. The van der Waals surface area contributed by atoms with Gasteiger partial charge in [-0.2, -0.15) is 5.10 Å². The zero-order valence-corrected chi connectivity index (χ0v) is 19.3. The highest BCUT2D eigenvalue weighted by molar-refractivity contribution is 5.95. The lowest BCUT2D eigenvalue weighted by Gasteiger charge is -2.36. The summed E-state index contributed by atoms with van der Waals surface area (Å²) in [7, 11) is 0. The van der Waals surface area contributed by atoms with Gasteiger partial charge in [0.1, 0.15) is 5.69 Å². The lowest BCUT2D eigenvalue weighted by atomic mass is 9.75. The summed E-state index contributed by atoms with van der Waals surface area (Å²) in [5.41, 5.74) is 5.31. The molecule has 2 aliphatic heterocycles. The molecule has 172 valence electrons. The Balaban J connectivity index is 1.46. The summed E-state index contributed by atoms with van der Waals surface area (Å²) in [6.45, 7) is 9.01. The van der Waals surface area contributed by atoms with Crippen LogP contribution in [0.15, 0.2) is 18.2 Å². The molecule has 1 aromatic carbocycles. The number of benzene rings is 1. The van der Waals surface area contributed by atoms with Gasteiger partial charge in [0, 0.05) is 31.9 Å². The van der Waals surface area contributed by atoms with Crippen LogP contribution in [0, 0.1) is 19.3 Å². The van der Waals surface area contributed by atoms with Crippen LogP contribution in [0.1, 0.15) is 69.4 Å². The van der Waals surface area contributed by atoms with E-state index in [1.165, 1.54) is 0 Å². The molecule has 1 aromatic heterocycles. The first-order valence-corrected chi connectivity index (χ1v) is 11.6. The zero-order valence-electron chi connectivity index (χ0n) is 19.3. The number of ether oxygens (including phenoxy) is 2. The third-order valence-corrected chi connectivity index (χ3v) is 6.78. The van der Waals surface area contributed by atoms with Gasteiger partial charge < -0.3 is 14.8 Å². The van der Waals surface area contributed by atoms with Crippen molar-refractivity contribution in [3.63, 3.8) is 0 Å². The lowest BCUT2D eigenvalue weighted by molar-refractivity contribution is 0.0160. The number of carbonyl (C=O) groups is 2. The Hall–Kier alpha value is -2.67. The van der Waals surface area contributed by atoms with Crippen LogP contribution < -0.4 is 5.32 Å². The Morgan fingerprint density at radius 3 is 2.81 bits per heavy atom. The third-order valence-electron chi connectivity index (χ3n) is 6.78. The molecule has 1 amide bonds. The summed E-state index contributed by atoms with van der Waals surface area (Å²) < 4.78 is 13.0. The number of fused-ring (bicyclic) bond motifs is 1. The normalized spacial score (nSPS) is 17.5. The van der Waals surface area contributed by atoms with E-state index in [-0.39, 0.29) is 17.3 Å². The van der Waals surface area contributed by atoms with E-state index < -0.39 is 0 Å². The molecule has 7 nitrogen and oxygen atoms in total. The number of nitrogens with zero attached hydrogens (tertiary/aromatic N) is 2. The minimum absolute atomic E-state index is 0.0324.